The molecule has 2 aliphatic rings. The summed E-state index contributed by atoms with van der Waals surface area (Å²) in [4.78, 5) is 11.5. The molecule has 0 radical (unpaired) electrons. The number of fused-ring (bicyclic) bond motifs is 7. The maximum Gasteiger partial charge on any atom is 0.227 e. The van der Waals surface area contributed by atoms with Crippen LogP contribution in [0.15, 0.2) is 54.7 Å². The number of rotatable bonds is 4. The molecule has 0 saturated carbocycles. The van der Waals surface area contributed by atoms with Crippen molar-refractivity contribution in [3.05, 3.63) is 54.7 Å². The van der Waals surface area contributed by atoms with Crippen LogP contribution in [0.3, 0.4) is 0 Å². The van der Waals surface area contributed by atoms with E-state index in [1.165, 1.54) is 12.8 Å². The lowest BCUT2D eigenvalue weighted by Gasteiger charge is -2.17. The number of hydrogen-bond donors (Lipinski definition) is 1. The van der Waals surface area contributed by atoms with Gasteiger partial charge in [0.1, 0.15) is 25.6 Å². The van der Waals surface area contributed by atoms with E-state index in [0.29, 0.717) is 44.7 Å². The van der Waals surface area contributed by atoms with E-state index in [2.05, 4.69) is 20.2 Å². The Bertz CT molecular complexity index is 1090. The Kier molecular flexibility index (Phi) is 7.37. The Morgan fingerprint density at radius 1 is 0.941 bits per heavy atom. The first-order chi connectivity index (χ1) is 16.8. The van der Waals surface area contributed by atoms with Crippen LogP contribution in [0, 0.1) is 0 Å². The summed E-state index contributed by atoms with van der Waals surface area (Å²) >= 11 is 0. The standard InChI is InChI=1S/C26H30N4O4/c1-2-11-30(10-1)12-13-33-24-7-6-21-19-25(24)34-17-15-31-14-16-32-22-5-3-4-20(18-22)23-8-9-27-26(28-21)29-23/h3-9,18-19H,1-2,10-17H2,(H,27,28,29). The molecule has 2 aromatic carbocycles. The second kappa shape index (κ2) is 11.2. The van der Waals surface area contributed by atoms with E-state index in [4.69, 9.17) is 18.9 Å². The van der Waals surface area contributed by atoms with E-state index < -0.39 is 0 Å². The fourth-order valence-corrected chi connectivity index (χ4v) is 4.09. The van der Waals surface area contributed by atoms with Crippen molar-refractivity contribution in [3.8, 4) is 28.5 Å². The quantitative estimate of drug-likeness (QED) is 0.620. The number of ether oxygens (including phenoxy) is 4. The molecule has 8 heteroatoms. The molecule has 3 heterocycles. The van der Waals surface area contributed by atoms with Crippen LogP contribution in [0.2, 0.25) is 0 Å². The van der Waals surface area contributed by atoms with E-state index >= 15 is 0 Å². The van der Waals surface area contributed by atoms with Crippen LogP contribution in [-0.4, -0.2) is 67.5 Å². The number of anilines is 2. The molecule has 1 aromatic heterocycles. The highest BCUT2D eigenvalue weighted by atomic mass is 16.6. The average Bonchev–Trinajstić information content (AvgIpc) is 3.38. The van der Waals surface area contributed by atoms with Crippen molar-refractivity contribution in [3.63, 3.8) is 0 Å². The van der Waals surface area contributed by atoms with E-state index in [1.807, 2.05) is 48.5 Å². The van der Waals surface area contributed by atoms with Crippen molar-refractivity contribution < 1.29 is 18.9 Å². The molecular weight excluding hydrogens is 432 g/mol. The summed E-state index contributed by atoms with van der Waals surface area (Å²) in [7, 11) is 0. The SMILES string of the molecule is c1cc2cc(c1)-c1ccnc(n1)Nc1ccc(OCCN3CCCC3)c(c1)OCCOCCO2. The number of nitrogens with zero attached hydrogens (tertiary/aromatic N) is 3. The van der Waals surface area contributed by atoms with Gasteiger partial charge in [0, 0.05) is 30.1 Å². The van der Waals surface area contributed by atoms with Gasteiger partial charge in [0.2, 0.25) is 5.95 Å². The molecular formula is C26H30N4O4. The van der Waals surface area contributed by atoms with Crippen LogP contribution in [0.25, 0.3) is 11.3 Å². The van der Waals surface area contributed by atoms with Crippen LogP contribution in [0.4, 0.5) is 11.6 Å². The third-order valence-corrected chi connectivity index (χ3v) is 5.83. The van der Waals surface area contributed by atoms with Crippen molar-refractivity contribution in [1.82, 2.24) is 14.9 Å². The van der Waals surface area contributed by atoms with E-state index in [9.17, 15) is 0 Å². The van der Waals surface area contributed by atoms with Crippen molar-refractivity contribution in [2.24, 2.45) is 0 Å². The van der Waals surface area contributed by atoms with E-state index in [1.54, 1.807) is 6.20 Å². The topological polar surface area (TPSA) is 78.0 Å². The number of benzene rings is 2. The van der Waals surface area contributed by atoms with Gasteiger partial charge >= 0.3 is 0 Å². The predicted molar refractivity (Wildman–Crippen MR) is 130 cm³/mol. The highest BCUT2D eigenvalue weighted by Crippen LogP contribution is 2.32. The zero-order chi connectivity index (χ0) is 23.0. The van der Waals surface area contributed by atoms with Gasteiger partial charge in [-0.25, -0.2) is 9.97 Å². The van der Waals surface area contributed by atoms with E-state index in [-0.39, 0.29) is 0 Å². The first-order valence-electron chi connectivity index (χ1n) is 11.9. The van der Waals surface area contributed by atoms with Gasteiger partial charge in [-0.3, -0.25) is 4.90 Å². The maximum atomic E-state index is 6.08. The lowest BCUT2D eigenvalue weighted by molar-refractivity contribution is 0.0754. The van der Waals surface area contributed by atoms with Crippen molar-refractivity contribution in [2.45, 2.75) is 12.8 Å². The highest BCUT2D eigenvalue weighted by molar-refractivity contribution is 5.64. The molecule has 0 unspecified atom stereocenters. The van der Waals surface area contributed by atoms with Crippen LogP contribution in [0.1, 0.15) is 12.8 Å². The third-order valence-electron chi connectivity index (χ3n) is 5.83. The largest absolute Gasteiger partial charge is 0.491 e. The minimum absolute atomic E-state index is 0.410. The summed E-state index contributed by atoms with van der Waals surface area (Å²) in [6.45, 7) is 5.65. The van der Waals surface area contributed by atoms with Gasteiger partial charge < -0.3 is 24.3 Å². The minimum Gasteiger partial charge on any atom is -0.491 e. The number of likely N-dealkylation sites (tertiary alicyclic amines) is 1. The maximum absolute atomic E-state index is 6.08. The summed E-state index contributed by atoms with van der Waals surface area (Å²) in [5.41, 5.74) is 2.59. The summed E-state index contributed by atoms with van der Waals surface area (Å²) in [5, 5.41) is 3.29. The molecule has 0 amide bonds. The van der Waals surface area contributed by atoms with Crippen LogP contribution < -0.4 is 19.5 Å². The lowest BCUT2D eigenvalue weighted by Crippen LogP contribution is -2.25. The average molecular weight is 463 g/mol. The zero-order valence-corrected chi connectivity index (χ0v) is 19.2. The number of nitrogens with one attached hydrogen (secondary N) is 1. The van der Waals surface area contributed by atoms with Crippen molar-refractivity contribution in [1.29, 1.82) is 0 Å². The number of hydrogen-bond acceptors (Lipinski definition) is 8. The van der Waals surface area contributed by atoms with Gasteiger partial charge in [0.15, 0.2) is 11.5 Å². The molecule has 1 saturated heterocycles. The van der Waals surface area contributed by atoms with Crippen LogP contribution in [-0.2, 0) is 4.74 Å². The molecule has 1 N–H and O–H groups in total. The van der Waals surface area contributed by atoms with Gasteiger partial charge in [-0.1, -0.05) is 12.1 Å². The Morgan fingerprint density at radius 2 is 1.82 bits per heavy atom. The fraction of sp³-hybridized carbons (Fsp3) is 0.385. The highest BCUT2D eigenvalue weighted by Gasteiger charge is 2.13. The number of aromatic nitrogens is 2. The van der Waals surface area contributed by atoms with Gasteiger partial charge in [-0.15, -0.1) is 0 Å². The Morgan fingerprint density at radius 3 is 2.74 bits per heavy atom. The molecule has 178 valence electrons. The fourth-order valence-electron chi connectivity index (χ4n) is 4.09. The monoisotopic (exact) mass is 462 g/mol. The second-order valence-electron chi connectivity index (χ2n) is 8.29. The zero-order valence-electron chi connectivity index (χ0n) is 19.2. The first kappa shape index (κ1) is 22.4. The molecule has 1 fully saturated rings. The molecule has 8 nitrogen and oxygen atoms in total. The summed E-state index contributed by atoms with van der Waals surface area (Å²) < 4.78 is 23.6. The van der Waals surface area contributed by atoms with Crippen LogP contribution in [0.5, 0.6) is 17.2 Å². The summed E-state index contributed by atoms with van der Waals surface area (Å²) in [6, 6.07) is 15.5. The smallest absolute Gasteiger partial charge is 0.227 e. The third kappa shape index (κ3) is 5.95. The molecule has 0 spiro atoms. The molecule has 6 bridgehead atoms. The van der Waals surface area contributed by atoms with Gasteiger partial charge in [-0.2, -0.15) is 0 Å². The Hall–Kier alpha value is -3.36. The first-order valence-corrected chi connectivity index (χ1v) is 11.9. The second-order valence-corrected chi connectivity index (χ2v) is 8.29. The van der Waals surface area contributed by atoms with Gasteiger partial charge in [0.25, 0.3) is 0 Å². The van der Waals surface area contributed by atoms with Gasteiger partial charge in [-0.05, 0) is 56.3 Å². The molecule has 0 aliphatic carbocycles. The summed E-state index contributed by atoms with van der Waals surface area (Å²) in [5.74, 6) is 2.66. The van der Waals surface area contributed by atoms with Crippen molar-refractivity contribution in [2.75, 3.05) is 58.0 Å². The molecule has 3 aromatic rings. The predicted octanol–water partition coefficient (Wildman–Crippen LogP) is 4.15. The van der Waals surface area contributed by atoms with Gasteiger partial charge in [0.05, 0.1) is 18.9 Å². The molecule has 0 atom stereocenters. The molecule has 5 rings (SSSR count). The molecule has 2 aliphatic heterocycles. The Labute approximate surface area is 199 Å². The van der Waals surface area contributed by atoms with Crippen LogP contribution >= 0.6 is 0 Å². The van der Waals surface area contributed by atoms with Crippen molar-refractivity contribution >= 4 is 11.6 Å². The lowest BCUT2D eigenvalue weighted by atomic mass is 10.1. The minimum atomic E-state index is 0.410. The Balaban J connectivity index is 1.36. The molecule has 34 heavy (non-hydrogen) atoms. The van der Waals surface area contributed by atoms with E-state index in [0.717, 1.165) is 48.1 Å². The normalized spacial score (nSPS) is 16.6. The summed E-state index contributed by atoms with van der Waals surface area (Å²) in [6.07, 6.45) is 4.29.